The maximum Gasteiger partial charge on any atom is 0.267 e. The van der Waals surface area contributed by atoms with Gasteiger partial charge in [-0.15, -0.1) is 0 Å². The van der Waals surface area contributed by atoms with Crippen molar-refractivity contribution in [2.75, 3.05) is 7.05 Å². The van der Waals surface area contributed by atoms with Crippen LogP contribution in [0.15, 0.2) is 47.5 Å². The number of sulfonamides is 1. The van der Waals surface area contributed by atoms with Crippen LogP contribution in [0, 0.1) is 13.8 Å². The van der Waals surface area contributed by atoms with E-state index in [0.29, 0.717) is 16.5 Å². The lowest BCUT2D eigenvalue weighted by Crippen LogP contribution is -2.38. The first-order chi connectivity index (χ1) is 16.1. The van der Waals surface area contributed by atoms with Crippen LogP contribution in [0.5, 0.6) is 0 Å². The first-order valence-corrected chi connectivity index (χ1v) is 13.2. The highest BCUT2D eigenvalue weighted by Crippen LogP contribution is 2.24. The first kappa shape index (κ1) is 31.0. The van der Waals surface area contributed by atoms with Gasteiger partial charge in [-0.25, -0.2) is 17.7 Å². The molecule has 0 atom stereocenters. The molecule has 2 heterocycles. The van der Waals surface area contributed by atoms with E-state index in [1.54, 1.807) is 25.5 Å². The molecule has 1 aromatic heterocycles. The summed E-state index contributed by atoms with van der Waals surface area (Å²) in [5.74, 6) is -0.537. The molecule has 8 heteroatoms. The van der Waals surface area contributed by atoms with Crippen molar-refractivity contribution in [3.8, 4) is 0 Å². The molecular formula is C26H39N3O4S. The smallest absolute Gasteiger partial charge is 0.267 e. The van der Waals surface area contributed by atoms with Crippen LogP contribution in [-0.2, 0) is 22.8 Å². The van der Waals surface area contributed by atoms with Gasteiger partial charge in [-0.3, -0.25) is 9.59 Å². The molecule has 7 nitrogen and oxygen atoms in total. The van der Waals surface area contributed by atoms with Crippen molar-refractivity contribution < 1.29 is 13.2 Å². The molecule has 34 heavy (non-hydrogen) atoms. The minimum atomic E-state index is -3.45. The Morgan fingerprint density at radius 2 is 1.35 bits per heavy atom. The van der Waals surface area contributed by atoms with Crippen molar-refractivity contribution in [3.63, 3.8) is 0 Å². The molecule has 0 unspecified atom stereocenters. The molecule has 1 aliphatic heterocycles. The fourth-order valence-electron chi connectivity index (χ4n) is 2.93. The minimum absolute atomic E-state index is 0.00806. The molecule has 0 N–H and O–H groups in total. The van der Waals surface area contributed by atoms with Crippen LogP contribution < -0.4 is 5.56 Å². The Labute approximate surface area is 204 Å². The fourth-order valence-corrected chi connectivity index (χ4v) is 4.12. The number of amides is 1. The number of carbonyl (C=O) groups excluding carboxylic acids is 1. The van der Waals surface area contributed by atoms with Gasteiger partial charge in [0.2, 0.25) is 10.0 Å². The van der Waals surface area contributed by atoms with E-state index in [1.807, 2.05) is 79.7 Å². The van der Waals surface area contributed by atoms with E-state index in [9.17, 15) is 18.0 Å². The Morgan fingerprint density at radius 3 is 1.94 bits per heavy atom. The maximum absolute atomic E-state index is 11.7. The maximum atomic E-state index is 11.7. The highest BCUT2D eigenvalue weighted by atomic mass is 32.2. The molecule has 3 aromatic rings. The van der Waals surface area contributed by atoms with Crippen LogP contribution in [0.1, 0.15) is 68.6 Å². The summed E-state index contributed by atoms with van der Waals surface area (Å²) in [6.07, 6.45) is 1.54. The molecule has 0 aliphatic carbocycles. The molecule has 0 spiro atoms. The van der Waals surface area contributed by atoms with Gasteiger partial charge in [0.25, 0.3) is 11.5 Å². The normalized spacial score (nSPS) is 12.9. The number of benzene rings is 2. The third-order valence-electron chi connectivity index (χ3n) is 4.61. The van der Waals surface area contributed by atoms with Crippen molar-refractivity contribution in [2.24, 2.45) is 7.05 Å². The molecule has 0 saturated carbocycles. The molecule has 1 amide bonds. The Bertz CT molecular complexity index is 1240. The summed E-state index contributed by atoms with van der Waals surface area (Å²) in [5.41, 5.74) is 3.88. The number of aryl methyl sites for hydroxylation is 3. The van der Waals surface area contributed by atoms with E-state index >= 15 is 0 Å². The van der Waals surface area contributed by atoms with Gasteiger partial charge in [-0.1, -0.05) is 70.9 Å². The van der Waals surface area contributed by atoms with E-state index in [-0.39, 0.29) is 11.3 Å². The molecule has 0 bridgehead atoms. The van der Waals surface area contributed by atoms with E-state index in [1.165, 1.54) is 11.6 Å². The van der Waals surface area contributed by atoms with E-state index in [2.05, 4.69) is 4.98 Å². The van der Waals surface area contributed by atoms with E-state index in [4.69, 9.17) is 0 Å². The lowest BCUT2D eigenvalue weighted by Gasteiger charge is -2.24. The van der Waals surface area contributed by atoms with Crippen molar-refractivity contribution >= 4 is 26.8 Å². The Hall–Kier alpha value is -3.00. The van der Waals surface area contributed by atoms with Crippen LogP contribution in [0.2, 0.25) is 0 Å². The molecule has 0 saturated heterocycles. The number of hydrogen-bond acceptors (Lipinski definition) is 5. The van der Waals surface area contributed by atoms with Gasteiger partial charge in [-0.05, 0) is 37.6 Å². The summed E-state index contributed by atoms with van der Waals surface area (Å²) in [5, 5.41) is 0.685. The quantitative estimate of drug-likeness (QED) is 0.431. The average Bonchev–Trinajstić information content (AvgIpc) is 2.85. The molecule has 1 aliphatic rings. The molecular weight excluding hydrogens is 450 g/mol. The third kappa shape index (κ3) is 7.52. The fraction of sp³-hybridized carbons (Fsp3) is 0.423. The highest BCUT2D eigenvalue weighted by molar-refractivity contribution is 7.89. The molecule has 188 valence electrons. The number of aromatic nitrogens is 2. The van der Waals surface area contributed by atoms with Gasteiger partial charge >= 0.3 is 0 Å². The second-order valence-corrected chi connectivity index (χ2v) is 8.87. The highest BCUT2D eigenvalue weighted by Gasteiger charge is 2.32. The van der Waals surface area contributed by atoms with Gasteiger partial charge < -0.3 is 4.57 Å². The molecule has 0 radical (unpaired) electrons. The van der Waals surface area contributed by atoms with Gasteiger partial charge in [0.05, 0.1) is 23.0 Å². The molecule has 4 rings (SSSR count). The van der Waals surface area contributed by atoms with Crippen molar-refractivity contribution in [2.45, 2.75) is 61.1 Å². The largest absolute Gasteiger partial charge is 0.302 e. The van der Waals surface area contributed by atoms with Crippen LogP contribution in [0.4, 0.5) is 0 Å². The third-order valence-corrected chi connectivity index (χ3v) is 6.29. The van der Waals surface area contributed by atoms with Gasteiger partial charge in [0, 0.05) is 19.7 Å². The lowest BCUT2D eigenvalue weighted by molar-refractivity contribution is 0.0878. The van der Waals surface area contributed by atoms with Gasteiger partial charge in [-0.2, -0.15) is 0 Å². The summed E-state index contributed by atoms with van der Waals surface area (Å²) >= 11 is 0. The first-order valence-electron chi connectivity index (χ1n) is 11.6. The minimum Gasteiger partial charge on any atom is -0.302 e. The van der Waals surface area contributed by atoms with Crippen LogP contribution in [0.25, 0.3) is 10.9 Å². The van der Waals surface area contributed by atoms with Crippen molar-refractivity contribution in [1.82, 2.24) is 13.9 Å². The van der Waals surface area contributed by atoms with Crippen LogP contribution >= 0.6 is 0 Å². The SMILES string of the molecule is CC.CC.CC.Cc1ccc2c(c1)C(=O)N(C)S(=O)(=O)C2.Cc1ccc2ncn(C)c(=O)c2c1. The predicted octanol–water partition coefficient (Wildman–Crippen LogP) is 5.23. The van der Waals surface area contributed by atoms with Crippen molar-refractivity contribution in [1.29, 1.82) is 0 Å². The van der Waals surface area contributed by atoms with E-state index < -0.39 is 15.9 Å². The Morgan fingerprint density at radius 1 is 0.824 bits per heavy atom. The number of rotatable bonds is 0. The zero-order chi connectivity index (χ0) is 26.6. The summed E-state index contributed by atoms with van der Waals surface area (Å²) < 4.78 is 25.4. The van der Waals surface area contributed by atoms with Gasteiger partial charge in [0.1, 0.15) is 0 Å². The second kappa shape index (κ2) is 14.3. The Balaban J connectivity index is 0.000000529. The summed E-state index contributed by atoms with van der Waals surface area (Å²) in [6, 6.07) is 10.9. The zero-order valence-corrected chi connectivity index (χ0v) is 22.9. The molecule has 2 aromatic carbocycles. The van der Waals surface area contributed by atoms with E-state index in [0.717, 1.165) is 20.9 Å². The summed E-state index contributed by atoms with van der Waals surface area (Å²) in [6.45, 7) is 15.8. The second-order valence-electron chi connectivity index (χ2n) is 6.87. The van der Waals surface area contributed by atoms with Crippen LogP contribution in [0.3, 0.4) is 0 Å². The number of fused-ring (bicyclic) bond motifs is 2. The molecule has 0 fully saturated rings. The lowest BCUT2D eigenvalue weighted by atomic mass is 10.1. The average molecular weight is 490 g/mol. The van der Waals surface area contributed by atoms with Crippen molar-refractivity contribution in [3.05, 3.63) is 75.3 Å². The number of carbonyl (C=O) groups is 1. The summed E-state index contributed by atoms with van der Waals surface area (Å²) in [7, 11) is -0.453. The predicted molar refractivity (Wildman–Crippen MR) is 142 cm³/mol. The van der Waals surface area contributed by atoms with Crippen LogP contribution in [-0.4, -0.2) is 35.2 Å². The van der Waals surface area contributed by atoms with Gasteiger partial charge in [0.15, 0.2) is 0 Å². The number of hydrogen-bond donors (Lipinski definition) is 0. The summed E-state index contributed by atoms with van der Waals surface area (Å²) in [4.78, 5) is 27.5. The monoisotopic (exact) mass is 489 g/mol. The Kier molecular flexibility index (Phi) is 13.0. The zero-order valence-electron chi connectivity index (χ0n) is 22.1. The topological polar surface area (TPSA) is 89.3 Å². The number of nitrogens with zero attached hydrogens (tertiary/aromatic N) is 3. The standard InChI is InChI=1S/C10H10N2O.C10H11NO3S.3C2H6/c1-7-3-4-9-8(5-7)10(13)12(2)6-11-9;1-7-3-4-8-6-15(13,14)11(2)10(12)9(8)5-7;3*1-2/h3-6H,1-2H3;3-5H,6H2,1-2H3;3*1-2H3.